The van der Waals surface area contributed by atoms with Crippen molar-refractivity contribution < 1.29 is 13.6 Å². The van der Waals surface area contributed by atoms with Crippen LogP contribution in [0.3, 0.4) is 0 Å². The van der Waals surface area contributed by atoms with Gasteiger partial charge in [-0.25, -0.2) is 8.78 Å². The largest absolute Gasteiger partial charge is 0.326 e. The van der Waals surface area contributed by atoms with Crippen molar-refractivity contribution in [3.63, 3.8) is 0 Å². The molecule has 0 unspecified atom stereocenters. The Labute approximate surface area is 126 Å². The monoisotopic (exact) mass is 307 g/mol. The smallest absolute Gasteiger partial charge is 0.225 e. The van der Waals surface area contributed by atoms with E-state index in [4.69, 9.17) is 0 Å². The van der Waals surface area contributed by atoms with Gasteiger partial charge in [0.05, 0.1) is 0 Å². The van der Waals surface area contributed by atoms with E-state index in [1.54, 1.807) is 31.2 Å². The molecule has 5 heteroatoms. The van der Waals surface area contributed by atoms with Crippen molar-refractivity contribution in [1.82, 2.24) is 0 Å². The van der Waals surface area contributed by atoms with Crippen molar-refractivity contribution in [2.45, 2.75) is 18.2 Å². The van der Waals surface area contributed by atoms with E-state index < -0.39 is 0 Å². The quantitative estimate of drug-likeness (QED) is 0.830. The highest BCUT2D eigenvalue weighted by molar-refractivity contribution is 7.99. The maximum atomic E-state index is 13.3. The highest BCUT2D eigenvalue weighted by Gasteiger charge is 2.05. The molecule has 0 aliphatic carbocycles. The molecule has 1 N–H and O–H groups in total. The topological polar surface area (TPSA) is 29.1 Å². The van der Waals surface area contributed by atoms with Crippen molar-refractivity contribution in [3.05, 3.63) is 59.7 Å². The van der Waals surface area contributed by atoms with Gasteiger partial charge in [-0.2, -0.15) is 0 Å². The third-order valence-electron chi connectivity index (χ3n) is 2.87. The number of aryl methyl sites for hydroxylation is 1. The zero-order valence-corrected chi connectivity index (χ0v) is 12.3. The Kier molecular flexibility index (Phi) is 5.33. The van der Waals surface area contributed by atoms with E-state index in [0.717, 1.165) is 4.90 Å². The predicted octanol–water partition coefficient (Wildman–Crippen LogP) is 4.39. The van der Waals surface area contributed by atoms with Gasteiger partial charge in [-0.1, -0.05) is 6.07 Å². The minimum atomic E-state index is -0.339. The summed E-state index contributed by atoms with van der Waals surface area (Å²) in [6, 6.07) is 10.7. The first kappa shape index (κ1) is 15.5. The van der Waals surface area contributed by atoms with Gasteiger partial charge in [-0.3, -0.25) is 4.79 Å². The van der Waals surface area contributed by atoms with Crippen molar-refractivity contribution in [1.29, 1.82) is 0 Å². The van der Waals surface area contributed by atoms with Crippen LogP contribution < -0.4 is 5.32 Å². The Morgan fingerprint density at radius 3 is 2.52 bits per heavy atom. The number of rotatable bonds is 5. The molecule has 0 aromatic heterocycles. The molecule has 2 rings (SSSR count). The van der Waals surface area contributed by atoms with Gasteiger partial charge < -0.3 is 5.32 Å². The third-order valence-corrected chi connectivity index (χ3v) is 3.88. The fourth-order valence-corrected chi connectivity index (χ4v) is 2.54. The summed E-state index contributed by atoms with van der Waals surface area (Å²) in [5.41, 5.74) is 0.995. The second kappa shape index (κ2) is 7.22. The average molecular weight is 307 g/mol. The SMILES string of the molecule is Cc1ccc(NC(=O)CCSc2ccc(F)cc2)cc1F. The van der Waals surface area contributed by atoms with Crippen molar-refractivity contribution >= 4 is 23.4 Å². The molecule has 21 heavy (non-hydrogen) atoms. The van der Waals surface area contributed by atoms with Gasteiger partial charge in [0.2, 0.25) is 5.91 Å². The highest BCUT2D eigenvalue weighted by atomic mass is 32.2. The van der Waals surface area contributed by atoms with Crippen LogP contribution in [0.2, 0.25) is 0 Å². The first-order valence-electron chi connectivity index (χ1n) is 6.49. The number of thioether (sulfide) groups is 1. The fraction of sp³-hybridized carbons (Fsp3) is 0.188. The van der Waals surface area contributed by atoms with E-state index >= 15 is 0 Å². The molecule has 0 saturated carbocycles. The molecular formula is C16H15F2NOS. The third kappa shape index (κ3) is 4.86. The highest BCUT2D eigenvalue weighted by Crippen LogP contribution is 2.19. The Hall–Kier alpha value is -1.88. The zero-order chi connectivity index (χ0) is 15.2. The molecular weight excluding hydrogens is 292 g/mol. The molecule has 0 fully saturated rings. The Morgan fingerprint density at radius 1 is 1.14 bits per heavy atom. The number of hydrogen-bond donors (Lipinski definition) is 1. The fourth-order valence-electron chi connectivity index (χ4n) is 1.69. The van der Waals surface area contributed by atoms with E-state index in [1.165, 1.54) is 30.0 Å². The summed E-state index contributed by atoms with van der Waals surface area (Å²) in [6.45, 7) is 1.67. The van der Waals surface area contributed by atoms with Crippen LogP contribution in [0, 0.1) is 18.6 Å². The Balaban J connectivity index is 1.79. The number of carbonyl (C=O) groups is 1. The number of carbonyl (C=O) groups excluding carboxylic acids is 1. The predicted molar refractivity (Wildman–Crippen MR) is 81.5 cm³/mol. The van der Waals surface area contributed by atoms with Crippen LogP contribution in [0.1, 0.15) is 12.0 Å². The Morgan fingerprint density at radius 2 is 1.86 bits per heavy atom. The maximum Gasteiger partial charge on any atom is 0.225 e. The molecule has 0 atom stereocenters. The van der Waals surface area contributed by atoms with Crippen LogP contribution in [0.25, 0.3) is 0 Å². The average Bonchev–Trinajstić information content (AvgIpc) is 2.45. The number of amides is 1. The van der Waals surface area contributed by atoms with Crippen LogP contribution in [0.4, 0.5) is 14.5 Å². The summed E-state index contributed by atoms with van der Waals surface area (Å²) < 4.78 is 26.1. The molecule has 1 amide bonds. The number of hydrogen-bond acceptors (Lipinski definition) is 2. The minimum Gasteiger partial charge on any atom is -0.326 e. The Bertz CT molecular complexity index is 629. The molecule has 0 aliphatic rings. The second-order valence-electron chi connectivity index (χ2n) is 4.56. The van der Waals surface area contributed by atoms with Crippen LogP contribution in [0.5, 0.6) is 0 Å². The van der Waals surface area contributed by atoms with Gasteiger partial charge in [0.1, 0.15) is 11.6 Å². The van der Waals surface area contributed by atoms with E-state index in [9.17, 15) is 13.6 Å². The molecule has 0 heterocycles. The molecule has 2 nitrogen and oxygen atoms in total. The lowest BCUT2D eigenvalue weighted by Crippen LogP contribution is -2.12. The molecule has 0 saturated heterocycles. The van der Waals surface area contributed by atoms with Gasteiger partial charge in [0.15, 0.2) is 0 Å². The molecule has 2 aromatic carbocycles. The molecule has 2 aromatic rings. The van der Waals surface area contributed by atoms with E-state index in [2.05, 4.69) is 5.32 Å². The standard InChI is InChI=1S/C16H15F2NOS/c1-11-2-5-13(10-15(11)18)19-16(20)8-9-21-14-6-3-12(17)4-7-14/h2-7,10H,8-9H2,1H3,(H,19,20). The molecule has 0 radical (unpaired) electrons. The lowest BCUT2D eigenvalue weighted by atomic mass is 10.2. The van der Waals surface area contributed by atoms with Crippen molar-refractivity contribution in [3.8, 4) is 0 Å². The lowest BCUT2D eigenvalue weighted by molar-refractivity contribution is -0.115. The van der Waals surface area contributed by atoms with Crippen LogP contribution in [0.15, 0.2) is 47.4 Å². The maximum absolute atomic E-state index is 13.3. The summed E-state index contributed by atoms with van der Waals surface area (Å²) in [4.78, 5) is 12.7. The first-order valence-corrected chi connectivity index (χ1v) is 7.47. The van der Waals surface area contributed by atoms with Gasteiger partial charge in [-0.05, 0) is 48.9 Å². The summed E-state index contributed by atoms with van der Waals surface area (Å²) in [5.74, 6) is -0.217. The number of nitrogens with one attached hydrogen (secondary N) is 1. The molecule has 0 aliphatic heterocycles. The van der Waals surface area contributed by atoms with E-state index in [1.807, 2.05) is 0 Å². The van der Waals surface area contributed by atoms with Crippen molar-refractivity contribution in [2.75, 3.05) is 11.1 Å². The minimum absolute atomic E-state index is 0.173. The van der Waals surface area contributed by atoms with Crippen molar-refractivity contribution in [2.24, 2.45) is 0 Å². The number of anilines is 1. The van der Waals surface area contributed by atoms with Gasteiger partial charge in [-0.15, -0.1) is 11.8 Å². The van der Waals surface area contributed by atoms with Crippen LogP contribution in [-0.2, 0) is 4.79 Å². The molecule has 110 valence electrons. The van der Waals surface area contributed by atoms with Gasteiger partial charge >= 0.3 is 0 Å². The van der Waals surface area contributed by atoms with E-state index in [0.29, 0.717) is 23.4 Å². The normalized spacial score (nSPS) is 10.4. The summed E-state index contributed by atoms with van der Waals surface area (Å²) in [7, 11) is 0. The lowest BCUT2D eigenvalue weighted by Gasteiger charge is -2.06. The second-order valence-corrected chi connectivity index (χ2v) is 5.73. The summed E-state index contributed by atoms with van der Waals surface area (Å²) in [6.07, 6.45) is 0.303. The van der Waals surface area contributed by atoms with Gasteiger partial charge in [0, 0.05) is 22.8 Å². The van der Waals surface area contributed by atoms with Crippen LogP contribution >= 0.6 is 11.8 Å². The van der Waals surface area contributed by atoms with E-state index in [-0.39, 0.29) is 17.5 Å². The molecule has 0 spiro atoms. The first-order chi connectivity index (χ1) is 10.0. The summed E-state index contributed by atoms with van der Waals surface area (Å²) in [5, 5.41) is 2.65. The molecule has 0 bridgehead atoms. The van der Waals surface area contributed by atoms with Gasteiger partial charge in [0.25, 0.3) is 0 Å². The number of halogens is 2. The van der Waals surface area contributed by atoms with Crippen LogP contribution in [-0.4, -0.2) is 11.7 Å². The zero-order valence-electron chi connectivity index (χ0n) is 11.5. The number of benzene rings is 2. The summed E-state index contributed by atoms with van der Waals surface area (Å²) >= 11 is 1.47.